The van der Waals surface area contributed by atoms with Crippen LogP contribution in [-0.2, 0) is 33.3 Å². The van der Waals surface area contributed by atoms with Gasteiger partial charge in [0.2, 0.25) is 0 Å². The molecule has 0 amide bonds. The molecule has 0 aliphatic carbocycles. The zero-order chi connectivity index (χ0) is 16.2. The lowest BCUT2D eigenvalue weighted by atomic mass is 10.2. The zero-order valence-electron chi connectivity index (χ0n) is 12.4. The van der Waals surface area contributed by atoms with E-state index in [4.69, 9.17) is 13.7 Å². The number of esters is 1. The molecule has 0 unspecified atom stereocenters. The van der Waals surface area contributed by atoms with Gasteiger partial charge in [-0.3, -0.25) is 4.18 Å². The molecule has 2 rings (SSSR count). The zero-order valence-corrected chi connectivity index (χ0v) is 13.2. The summed E-state index contributed by atoms with van der Waals surface area (Å²) in [5, 5.41) is 0. The van der Waals surface area contributed by atoms with Crippen molar-refractivity contribution in [1.29, 1.82) is 0 Å². The molecule has 22 heavy (non-hydrogen) atoms. The van der Waals surface area contributed by atoms with Crippen molar-refractivity contribution in [2.75, 3.05) is 26.9 Å². The maximum Gasteiger partial charge on any atom is 0.337 e. The monoisotopic (exact) mass is 330 g/mol. The van der Waals surface area contributed by atoms with E-state index in [-0.39, 0.29) is 24.7 Å². The summed E-state index contributed by atoms with van der Waals surface area (Å²) in [6.07, 6.45) is -1.34. The molecule has 1 aliphatic rings. The maximum atomic E-state index is 12.0. The van der Waals surface area contributed by atoms with Gasteiger partial charge in [-0.05, 0) is 19.1 Å². The summed E-state index contributed by atoms with van der Waals surface area (Å²) in [7, 11) is -2.58. The van der Waals surface area contributed by atoms with Crippen LogP contribution in [0.4, 0.5) is 0 Å². The summed E-state index contributed by atoms with van der Waals surface area (Å²) < 4.78 is 44.1. The van der Waals surface area contributed by atoms with Crippen molar-refractivity contribution in [3.8, 4) is 0 Å². The van der Waals surface area contributed by atoms with E-state index in [0.29, 0.717) is 0 Å². The molecule has 2 atom stereocenters. The van der Waals surface area contributed by atoms with Crippen molar-refractivity contribution >= 4 is 16.1 Å². The summed E-state index contributed by atoms with van der Waals surface area (Å²) >= 11 is 0. The van der Waals surface area contributed by atoms with Crippen LogP contribution in [0.15, 0.2) is 29.2 Å². The number of rotatable bonds is 5. The van der Waals surface area contributed by atoms with E-state index in [1.807, 2.05) is 6.92 Å². The molecule has 1 heterocycles. The third-order valence-electron chi connectivity index (χ3n) is 3.15. The van der Waals surface area contributed by atoms with E-state index in [1.165, 1.54) is 19.2 Å². The molecule has 1 saturated heterocycles. The standard InChI is InChI=1S/C14H18O7S/c1-10-3-5-12(6-4-10)22(16,17)21-8-11-7-20-13(9-19-11)14(15)18-2/h3-6,11,13H,7-9H2,1-2H3/t11-,13+/m1/s1. The van der Waals surface area contributed by atoms with Crippen molar-refractivity contribution in [2.24, 2.45) is 0 Å². The quantitative estimate of drug-likeness (QED) is 0.579. The highest BCUT2D eigenvalue weighted by Crippen LogP contribution is 2.15. The average Bonchev–Trinajstić information content (AvgIpc) is 2.53. The van der Waals surface area contributed by atoms with Crippen LogP contribution in [0, 0.1) is 6.92 Å². The van der Waals surface area contributed by atoms with Crippen molar-refractivity contribution in [2.45, 2.75) is 24.0 Å². The second-order valence-corrected chi connectivity index (χ2v) is 6.47. The molecule has 0 spiro atoms. The highest BCUT2D eigenvalue weighted by atomic mass is 32.2. The number of benzene rings is 1. The number of carbonyl (C=O) groups is 1. The lowest BCUT2D eigenvalue weighted by molar-refractivity contribution is -0.180. The van der Waals surface area contributed by atoms with Gasteiger partial charge >= 0.3 is 5.97 Å². The van der Waals surface area contributed by atoms with Crippen LogP contribution in [0.1, 0.15) is 5.56 Å². The Balaban J connectivity index is 1.86. The maximum absolute atomic E-state index is 12.0. The van der Waals surface area contributed by atoms with Gasteiger partial charge < -0.3 is 14.2 Å². The number of aryl methyl sites for hydroxylation is 1. The Labute approximate surface area is 129 Å². The van der Waals surface area contributed by atoms with Crippen molar-refractivity contribution in [3.05, 3.63) is 29.8 Å². The molecule has 1 aliphatic heterocycles. The van der Waals surface area contributed by atoms with Gasteiger partial charge in [-0.2, -0.15) is 8.42 Å². The van der Waals surface area contributed by atoms with Crippen LogP contribution < -0.4 is 0 Å². The lowest BCUT2D eigenvalue weighted by Crippen LogP contribution is -2.42. The fraction of sp³-hybridized carbons (Fsp3) is 0.500. The third kappa shape index (κ3) is 4.26. The summed E-state index contributed by atoms with van der Waals surface area (Å²) in [6, 6.07) is 6.35. The molecule has 0 bridgehead atoms. The van der Waals surface area contributed by atoms with Crippen molar-refractivity contribution in [1.82, 2.24) is 0 Å². The number of carbonyl (C=O) groups excluding carboxylic acids is 1. The number of hydrogen-bond acceptors (Lipinski definition) is 7. The average molecular weight is 330 g/mol. The van der Waals surface area contributed by atoms with Crippen LogP contribution in [0.2, 0.25) is 0 Å². The number of methoxy groups -OCH3 is 1. The van der Waals surface area contributed by atoms with Gasteiger partial charge in [-0.1, -0.05) is 17.7 Å². The van der Waals surface area contributed by atoms with E-state index in [1.54, 1.807) is 12.1 Å². The molecular weight excluding hydrogens is 312 g/mol. The second-order valence-electron chi connectivity index (χ2n) is 4.85. The molecular formula is C14H18O7S. The predicted molar refractivity (Wildman–Crippen MR) is 75.8 cm³/mol. The summed E-state index contributed by atoms with van der Waals surface area (Å²) in [6.45, 7) is 1.75. The highest BCUT2D eigenvalue weighted by Gasteiger charge is 2.29. The minimum absolute atomic E-state index is 0.00524. The van der Waals surface area contributed by atoms with Crippen LogP contribution >= 0.6 is 0 Å². The molecule has 0 saturated carbocycles. The Hall–Kier alpha value is -1.48. The molecule has 1 fully saturated rings. The van der Waals surface area contributed by atoms with Crippen LogP contribution in [0.25, 0.3) is 0 Å². The van der Waals surface area contributed by atoms with Gasteiger partial charge in [0.25, 0.3) is 10.1 Å². The van der Waals surface area contributed by atoms with E-state index < -0.39 is 28.3 Å². The molecule has 1 aromatic rings. The Morgan fingerprint density at radius 2 is 1.91 bits per heavy atom. The topological polar surface area (TPSA) is 88.1 Å². The van der Waals surface area contributed by atoms with Crippen LogP contribution in [0.5, 0.6) is 0 Å². The molecule has 1 aromatic carbocycles. The Morgan fingerprint density at radius 1 is 1.23 bits per heavy atom. The minimum atomic E-state index is -3.84. The Bertz CT molecular complexity index is 601. The summed E-state index contributed by atoms with van der Waals surface area (Å²) in [5.41, 5.74) is 0.955. The van der Waals surface area contributed by atoms with Gasteiger partial charge in [0, 0.05) is 0 Å². The van der Waals surface area contributed by atoms with Gasteiger partial charge in [-0.15, -0.1) is 0 Å². The highest BCUT2D eigenvalue weighted by molar-refractivity contribution is 7.86. The molecule has 8 heteroatoms. The predicted octanol–water partition coefficient (Wildman–Crippen LogP) is 0.657. The summed E-state index contributed by atoms with van der Waals surface area (Å²) in [5.74, 6) is -0.522. The van der Waals surface area contributed by atoms with E-state index in [0.717, 1.165) is 5.56 Å². The number of ether oxygens (including phenoxy) is 3. The smallest absolute Gasteiger partial charge is 0.337 e. The van der Waals surface area contributed by atoms with E-state index in [9.17, 15) is 13.2 Å². The first-order valence-corrected chi connectivity index (χ1v) is 8.10. The second kappa shape index (κ2) is 7.19. The fourth-order valence-electron chi connectivity index (χ4n) is 1.85. The van der Waals surface area contributed by atoms with Crippen LogP contribution in [0.3, 0.4) is 0 Å². The van der Waals surface area contributed by atoms with Gasteiger partial charge in [0.15, 0.2) is 6.10 Å². The van der Waals surface area contributed by atoms with Gasteiger partial charge in [0.05, 0.1) is 31.8 Å². The third-order valence-corrected chi connectivity index (χ3v) is 4.45. The number of hydrogen-bond donors (Lipinski definition) is 0. The van der Waals surface area contributed by atoms with Crippen molar-refractivity contribution < 1.29 is 31.6 Å². The Kier molecular flexibility index (Phi) is 5.52. The van der Waals surface area contributed by atoms with Crippen molar-refractivity contribution in [3.63, 3.8) is 0 Å². The van der Waals surface area contributed by atoms with Gasteiger partial charge in [-0.25, -0.2) is 4.79 Å². The SMILES string of the molecule is COC(=O)[C@@H]1CO[C@@H](COS(=O)(=O)c2ccc(C)cc2)CO1. The van der Waals surface area contributed by atoms with Gasteiger partial charge in [0.1, 0.15) is 6.10 Å². The summed E-state index contributed by atoms with van der Waals surface area (Å²) in [4.78, 5) is 11.3. The molecule has 122 valence electrons. The Morgan fingerprint density at radius 3 is 2.45 bits per heavy atom. The lowest BCUT2D eigenvalue weighted by Gasteiger charge is -2.27. The molecule has 0 N–H and O–H groups in total. The molecule has 7 nitrogen and oxygen atoms in total. The first-order chi connectivity index (χ1) is 10.4. The first-order valence-electron chi connectivity index (χ1n) is 6.69. The van der Waals surface area contributed by atoms with Crippen LogP contribution in [-0.4, -0.2) is 53.5 Å². The fourth-order valence-corrected chi connectivity index (χ4v) is 2.78. The largest absolute Gasteiger partial charge is 0.467 e. The first kappa shape index (κ1) is 16.9. The molecule has 0 radical (unpaired) electrons. The van der Waals surface area contributed by atoms with E-state index >= 15 is 0 Å². The normalized spacial score (nSPS) is 22.3. The minimum Gasteiger partial charge on any atom is -0.467 e. The molecule has 0 aromatic heterocycles. The van der Waals surface area contributed by atoms with E-state index in [2.05, 4.69) is 4.74 Å².